The lowest BCUT2D eigenvalue weighted by Gasteiger charge is -2.37. The Morgan fingerprint density at radius 3 is 2.69 bits per heavy atom. The zero-order chi connectivity index (χ0) is 10.8. The van der Waals surface area contributed by atoms with Crippen molar-refractivity contribution < 1.29 is 0 Å². The normalized spacial score (nSPS) is 29.0. The fraction of sp³-hybridized carbons (Fsp3) is 0.714. The summed E-state index contributed by atoms with van der Waals surface area (Å²) >= 11 is 1.83. The lowest BCUT2D eigenvalue weighted by atomic mass is 9.71. The van der Waals surface area contributed by atoms with Crippen LogP contribution in [-0.4, -0.2) is 12.6 Å². The van der Waals surface area contributed by atoms with Crippen molar-refractivity contribution in [2.24, 2.45) is 11.8 Å². The van der Waals surface area contributed by atoms with Crippen molar-refractivity contribution in [1.29, 1.82) is 0 Å². The Morgan fingerprint density at radius 2 is 2.06 bits per heavy atom. The number of thiophene rings is 1. The third kappa shape index (κ3) is 2.67. The second kappa shape index (κ2) is 4.89. The highest BCUT2D eigenvalue weighted by molar-refractivity contribution is 7.07. The van der Waals surface area contributed by atoms with Crippen LogP contribution in [0.5, 0.6) is 0 Å². The van der Waals surface area contributed by atoms with Crippen molar-refractivity contribution in [3.63, 3.8) is 0 Å². The van der Waals surface area contributed by atoms with E-state index >= 15 is 0 Å². The zero-order valence-corrected chi connectivity index (χ0v) is 10.6. The standard InChI is InChI=1S/C14H21NS/c1(11-7-8-16-10-11)2-12-3-4-13(12)9-15-14-5-6-14/h7-8,10,12-15H,1-6,9H2. The van der Waals surface area contributed by atoms with Crippen LogP contribution >= 0.6 is 11.3 Å². The van der Waals surface area contributed by atoms with E-state index in [0.29, 0.717) is 0 Å². The number of hydrogen-bond acceptors (Lipinski definition) is 2. The Morgan fingerprint density at radius 1 is 1.19 bits per heavy atom. The van der Waals surface area contributed by atoms with Gasteiger partial charge in [-0.05, 0) is 79.3 Å². The molecule has 2 aliphatic carbocycles. The van der Waals surface area contributed by atoms with E-state index in [1.165, 1.54) is 45.1 Å². The van der Waals surface area contributed by atoms with Gasteiger partial charge in [-0.25, -0.2) is 0 Å². The smallest absolute Gasteiger partial charge is 0.00683 e. The van der Waals surface area contributed by atoms with Crippen LogP contribution in [-0.2, 0) is 6.42 Å². The lowest BCUT2D eigenvalue weighted by molar-refractivity contribution is 0.160. The van der Waals surface area contributed by atoms with E-state index < -0.39 is 0 Å². The van der Waals surface area contributed by atoms with E-state index in [2.05, 4.69) is 22.1 Å². The lowest BCUT2D eigenvalue weighted by Crippen LogP contribution is -2.36. The molecule has 0 bridgehead atoms. The minimum atomic E-state index is 0.887. The Kier molecular flexibility index (Phi) is 3.30. The molecule has 1 aromatic heterocycles. The van der Waals surface area contributed by atoms with Crippen LogP contribution in [0.15, 0.2) is 16.8 Å². The van der Waals surface area contributed by atoms with Crippen LogP contribution in [0.4, 0.5) is 0 Å². The molecule has 2 aliphatic rings. The maximum Gasteiger partial charge on any atom is 0.00683 e. The molecular weight excluding hydrogens is 214 g/mol. The predicted molar refractivity (Wildman–Crippen MR) is 69.9 cm³/mol. The van der Waals surface area contributed by atoms with Crippen LogP contribution in [0.25, 0.3) is 0 Å². The van der Waals surface area contributed by atoms with Crippen molar-refractivity contribution >= 4 is 11.3 Å². The molecule has 2 heteroatoms. The van der Waals surface area contributed by atoms with Gasteiger partial charge in [0.05, 0.1) is 0 Å². The molecule has 2 saturated carbocycles. The van der Waals surface area contributed by atoms with Gasteiger partial charge in [0.1, 0.15) is 0 Å². The fourth-order valence-electron chi connectivity index (χ4n) is 2.68. The van der Waals surface area contributed by atoms with Crippen molar-refractivity contribution in [3.8, 4) is 0 Å². The molecule has 1 aromatic rings. The second-order valence-electron chi connectivity index (χ2n) is 5.45. The summed E-state index contributed by atoms with van der Waals surface area (Å²) in [5.41, 5.74) is 1.55. The Balaban J connectivity index is 1.37. The summed E-state index contributed by atoms with van der Waals surface area (Å²) in [6.45, 7) is 1.29. The molecule has 0 spiro atoms. The number of hydrogen-bond donors (Lipinski definition) is 1. The van der Waals surface area contributed by atoms with Gasteiger partial charge in [0.25, 0.3) is 0 Å². The van der Waals surface area contributed by atoms with Gasteiger partial charge < -0.3 is 5.32 Å². The van der Waals surface area contributed by atoms with Crippen LogP contribution in [0.3, 0.4) is 0 Å². The maximum absolute atomic E-state index is 3.68. The molecule has 1 nitrogen and oxygen atoms in total. The first-order chi connectivity index (χ1) is 7.92. The van der Waals surface area contributed by atoms with Gasteiger partial charge in [-0.3, -0.25) is 0 Å². The molecule has 0 aliphatic heterocycles. The van der Waals surface area contributed by atoms with Crippen molar-refractivity contribution in [3.05, 3.63) is 22.4 Å². The summed E-state index contributed by atoms with van der Waals surface area (Å²) < 4.78 is 0. The molecule has 3 rings (SSSR count). The molecule has 0 radical (unpaired) electrons. The molecule has 0 saturated heterocycles. The monoisotopic (exact) mass is 235 g/mol. The number of rotatable bonds is 6. The van der Waals surface area contributed by atoms with Gasteiger partial charge in [-0.15, -0.1) is 0 Å². The van der Waals surface area contributed by atoms with Gasteiger partial charge in [0.15, 0.2) is 0 Å². The molecule has 16 heavy (non-hydrogen) atoms. The highest BCUT2D eigenvalue weighted by atomic mass is 32.1. The third-order valence-electron chi connectivity index (χ3n) is 4.20. The van der Waals surface area contributed by atoms with Crippen LogP contribution in [0, 0.1) is 11.8 Å². The summed E-state index contributed by atoms with van der Waals surface area (Å²) in [5, 5.41) is 8.18. The highest BCUT2D eigenvalue weighted by Gasteiger charge is 2.31. The molecular formula is C14H21NS. The quantitative estimate of drug-likeness (QED) is 0.796. The van der Waals surface area contributed by atoms with E-state index in [9.17, 15) is 0 Å². The maximum atomic E-state index is 3.68. The first kappa shape index (κ1) is 10.8. The van der Waals surface area contributed by atoms with Gasteiger partial charge in [-0.1, -0.05) is 0 Å². The van der Waals surface area contributed by atoms with Gasteiger partial charge in [0, 0.05) is 6.04 Å². The molecule has 0 amide bonds. The third-order valence-corrected chi connectivity index (χ3v) is 4.94. The molecule has 1 N–H and O–H groups in total. The van der Waals surface area contributed by atoms with Crippen LogP contribution in [0.1, 0.15) is 37.7 Å². The number of nitrogens with one attached hydrogen (secondary N) is 1. The largest absolute Gasteiger partial charge is 0.314 e. The number of aryl methyl sites for hydroxylation is 1. The Bertz CT molecular complexity index is 315. The van der Waals surface area contributed by atoms with Crippen molar-refractivity contribution in [1.82, 2.24) is 5.32 Å². The predicted octanol–water partition coefficient (Wildman–Crippen LogP) is 3.46. The van der Waals surface area contributed by atoms with Gasteiger partial charge in [-0.2, -0.15) is 11.3 Å². The minimum absolute atomic E-state index is 0.887. The van der Waals surface area contributed by atoms with E-state index in [1.54, 1.807) is 5.56 Å². The van der Waals surface area contributed by atoms with Crippen molar-refractivity contribution in [2.45, 2.75) is 44.6 Å². The average Bonchev–Trinajstić information content (AvgIpc) is 2.92. The molecule has 2 fully saturated rings. The first-order valence-electron chi connectivity index (χ1n) is 6.66. The first-order valence-corrected chi connectivity index (χ1v) is 7.60. The molecule has 0 aromatic carbocycles. The molecule has 1 heterocycles. The summed E-state index contributed by atoms with van der Waals surface area (Å²) in [4.78, 5) is 0. The molecule has 2 atom stereocenters. The van der Waals surface area contributed by atoms with E-state index in [4.69, 9.17) is 0 Å². The Hall–Kier alpha value is -0.340. The minimum Gasteiger partial charge on any atom is -0.314 e. The fourth-order valence-corrected chi connectivity index (χ4v) is 3.38. The summed E-state index contributed by atoms with van der Waals surface area (Å²) in [6.07, 6.45) is 8.50. The van der Waals surface area contributed by atoms with E-state index in [0.717, 1.165) is 17.9 Å². The molecule has 2 unspecified atom stereocenters. The zero-order valence-electron chi connectivity index (χ0n) is 9.82. The molecule has 88 valence electrons. The van der Waals surface area contributed by atoms with Crippen LogP contribution < -0.4 is 5.32 Å². The average molecular weight is 235 g/mol. The summed E-state index contributed by atoms with van der Waals surface area (Å²) in [5.74, 6) is 1.99. The topological polar surface area (TPSA) is 12.0 Å². The van der Waals surface area contributed by atoms with Crippen molar-refractivity contribution in [2.75, 3.05) is 6.54 Å². The van der Waals surface area contributed by atoms with Gasteiger partial charge in [0.2, 0.25) is 0 Å². The van der Waals surface area contributed by atoms with E-state index in [-0.39, 0.29) is 0 Å². The summed E-state index contributed by atoms with van der Waals surface area (Å²) in [7, 11) is 0. The Labute approximate surface area is 102 Å². The van der Waals surface area contributed by atoms with Crippen LogP contribution in [0.2, 0.25) is 0 Å². The summed E-state index contributed by atoms with van der Waals surface area (Å²) in [6, 6.07) is 3.17. The second-order valence-corrected chi connectivity index (χ2v) is 6.23. The SMILES string of the molecule is c1cc(CCC2CCC2CNC2CC2)cs1. The van der Waals surface area contributed by atoms with E-state index in [1.807, 2.05) is 11.3 Å². The van der Waals surface area contributed by atoms with Gasteiger partial charge >= 0.3 is 0 Å². The highest BCUT2D eigenvalue weighted by Crippen LogP contribution is 2.37.